The number of carbonyl (C=O) groups excluding carboxylic acids is 1. The zero-order valence-corrected chi connectivity index (χ0v) is 17.1. The van der Waals surface area contributed by atoms with Gasteiger partial charge in [-0.25, -0.2) is 4.98 Å². The zero-order chi connectivity index (χ0) is 19.5. The first kappa shape index (κ1) is 18.5. The highest BCUT2D eigenvalue weighted by Crippen LogP contribution is 2.36. The van der Waals surface area contributed by atoms with Crippen molar-refractivity contribution in [2.75, 3.05) is 5.32 Å². The van der Waals surface area contributed by atoms with Crippen molar-refractivity contribution in [2.45, 2.75) is 20.3 Å². The number of hydrogen-bond donors (Lipinski definition) is 1. The Morgan fingerprint density at radius 1 is 0.929 bits per heavy atom. The van der Waals surface area contributed by atoms with Crippen LogP contribution in [-0.2, 0) is 11.2 Å². The molecule has 0 unspecified atom stereocenters. The van der Waals surface area contributed by atoms with E-state index in [1.165, 1.54) is 16.9 Å². The fourth-order valence-electron chi connectivity index (χ4n) is 2.77. The van der Waals surface area contributed by atoms with Gasteiger partial charge in [0.2, 0.25) is 11.0 Å². The van der Waals surface area contributed by atoms with Gasteiger partial charge < -0.3 is 5.32 Å². The van der Waals surface area contributed by atoms with E-state index in [0.717, 1.165) is 31.7 Å². The first-order valence-electron chi connectivity index (χ1n) is 8.80. The van der Waals surface area contributed by atoms with E-state index >= 15 is 0 Å². The third-order valence-electron chi connectivity index (χ3n) is 4.13. The molecule has 4 aromatic rings. The quantitative estimate of drug-likeness (QED) is 0.499. The number of rotatable bonds is 5. The smallest absolute Gasteiger partial charge is 0.232 e. The molecule has 0 radical (unpaired) electrons. The molecule has 2 aromatic carbocycles. The first-order valence-corrected chi connectivity index (χ1v) is 10.4. The number of benzene rings is 2. The summed E-state index contributed by atoms with van der Waals surface area (Å²) in [5.74, 6) is -0.144. The molecule has 4 rings (SSSR count). The summed E-state index contributed by atoms with van der Waals surface area (Å²) in [4.78, 5) is 18.4. The summed E-state index contributed by atoms with van der Waals surface area (Å²) in [6.07, 6.45) is 0.186. The van der Waals surface area contributed by atoms with Crippen LogP contribution in [0.3, 0.4) is 0 Å². The van der Waals surface area contributed by atoms with Gasteiger partial charge in [0, 0.05) is 5.56 Å². The van der Waals surface area contributed by atoms with E-state index in [0.29, 0.717) is 5.13 Å². The standard InChI is InChI=1S/C21H18N4OS2/c1-13-8-10-15(11-9-13)19-17(12-18(26)23-21-25-24-14(2)27-21)22-20(28-19)16-6-4-3-5-7-16/h3-11H,12H2,1-2H3,(H,23,25,26). The van der Waals surface area contributed by atoms with E-state index in [4.69, 9.17) is 4.98 Å². The van der Waals surface area contributed by atoms with E-state index in [-0.39, 0.29) is 12.3 Å². The summed E-state index contributed by atoms with van der Waals surface area (Å²) in [5, 5.41) is 12.9. The summed E-state index contributed by atoms with van der Waals surface area (Å²) in [6, 6.07) is 18.3. The highest BCUT2D eigenvalue weighted by Gasteiger charge is 2.18. The highest BCUT2D eigenvalue weighted by atomic mass is 32.1. The van der Waals surface area contributed by atoms with Gasteiger partial charge >= 0.3 is 0 Å². The normalized spacial score (nSPS) is 10.8. The van der Waals surface area contributed by atoms with Crippen LogP contribution >= 0.6 is 22.7 Å². The van der Waals surface area contributed by atoms with Crippen LogP contribution in [0.1, 0.15) is 16.3 Å². The molecule has 0 fully saturated rings. The predicted octanol–water partition coefficient (Wildman–Crippen LogP) is 5.13. The number of nitrogens with one attached hydrogen (secondary N) is 1. The fraction of sp³-hybridized carbons (Fsp3) is 0.143. The lowest BCUT2D eigenvalue weighted by Crippen LogP contribution is -2.15. The second-order valence-electron chi connectivity index (χ2n) is 6.38. The Morgan fingerprint density at radius 2 is 1.68 bits per heavy atom. The molecule has 0 saturated carbocycles. The molecule has 1 amide bonds. The molecule has 5 nitrogen and oxygen atoms in total. The Hall–Kier alpha value is -2.90. The molecule has 140 valence electrons. The van der Waals surface area contributed by atoms with Crippen molar-refractivity contribution >= 4 is 33.7 Å². The van der Waals surface area contributed by atoms with Crippen molar-refractivity contribution in [2.24, 2.45) is 0 Å². The van der Waals surface area contributed by atoms with Crippen LogP contribution < -0.4 is 5.32 Å². The Bertz CT molecular complexity index is 1100. The molecule has 1 N–H and O–H groups in total. The van der Waals surface area contributed by atoms with E-state index in [9.17, 15) is 4.79 Å². The van der Waals surface area contributed by atoms with Crippen LogP contribution in [0.4, 0.5) is 5.13 Å². The zero-order valence-electron chi connectivity index (χ0n) is 15.5. The predicted molar refractivity (Wildman–Crippen MR) is 115 cm³/mol. The minimum Gasteiger partial charge on any atom is -0.300 e. The van der Waals surface area contributed by atoms with Crippen molar-refractivity contribution < 1.29 is 4.79 Å². The van der Waals surface area contributed by atoms with Crippen molar-refractivity contribution in [3.63, 3.8) is 0 Å². The fourth-order valence-corrected chi connectivity index (χ4v) is 4.47. The van der Waals surface area contributed by atoms with Crippen molar-refractivity contribution in [3.05, 3.63) is 70.9 Å². The number of nitrogens with zero attached hydrogens (tertiary/aromatic N) is 3. The molecule has 2 heterocycles. The molecule has 7 heteroatoms. The second-order valence-corrected chi connectivity index (χ2v) is 8.56. The van der Waals surface area contributed by atoms with Crippen LogP contribution in [-0.4, -0.2) is 21.1 Å². The van der Waals surface area contributed by atoms with Gasteiger partial charge in [-0.2, -0.15) is 0 Å². The van der Waals surface area contributed by atoms with Gasteiger partial charge in [-0.3, -0.25) is 4.79 Å². The van der Waals surface area contributed by atoms with Crippen molar-refractivity contribution in [1.82, 2.24) is 15.2 Å². The van der Waals surface area contributed by atoms with Gasteiger partial charge in [0.05, 0.1) is 17.0 Å². The van der Waals surface area contributed by atoms with Gasteiger partial charge in [-0.05, 0) is 19.4 Å². The van der Waals surface area contributed by atoms with E-state index in [1.54, 1.807) is 11.3 Å². The van der Waals surface area contributed by atoms with E-state index in [2.05, 4.69) is 46.7 Å². The molecule has 0 atom stereocenters. The lowest BCUT2D eigenvalue weighted by molar-refractivity contribution is -0.115. The summed E-state index contributed by atoms with van der Waals surface area (Å²) in [5.41, 5.74) is 4.08. The number of amides is 1. The average Bonchev–Trinajstić information content (AvgIpc) is 3.29. The van der Waals surface area contributed by atoms with Crippen LogP contribution in [0.25, 0.3) is 21.0 Å². The SMILES string of the molecule is Cc1ccc(-c2sc(-c3ccccc3)nc2CC(=O)Nc2nnc(C)s2)cc1. The van der Waals surface area contributed by atoms with Crippen LogP contribution in [0.5, 0.6) is 0 Å². The van der Waals surface area contributed by atoms with Gasteiger partial charge in [-0.1, -0.05) is 71.5 Å². The van der Waals surface area contributed by atoms with Crippen molar-refractivity contribution in [1.29, 1.82) is 0 Å². The topological polar surface area (TPSA) is 67.8 Å². The second kappa shape index (κ2) is 8.00. The number of thiazole rings is 1. The lowest BCUT2D eigenvalue weighted by atomic mass is 10.1. The monoisotopic (exact) mass is 406 g/mol. The van der Waals surface area contributed by atoms with E-state index in [1.807, 2.05) is 37.3 Å². The van der Waals surface area contributed by atoms with Gasteiger partial charge in [0.15, 0.2) is 0 Å². The van der Waals surface area contributed by atoms with E-state index < -0.39 is 0 Å². The molecule has 0 aliphatic rings. The number of aromatic nitrogens is 3. The average molecular weight is 407 g/mol. The Morgan fingerprint density at radius 3 is 2.36 bits per heavy atom. The molecule has 28 heavy (non-hydrogen) atoms. The van der Waals surface area contributed by atoms with Gasteiger partial charge in [-0.15, -0.1) is 21.5 Å². The maximum Gasteiger partial charge on any atom is 0.232 e. The summed E-state index contributed by atoms with van der Waals surface area (Å²) in [7, 11) is 0. The summed E-state index contributed by atoms with van der Waals surface area (Å²) >= 11 is 2.97. The van der Waals surface area contributed by atoms with Crippen LogP contribution in [0, 0.1) is 13.8 Å². The Kier molecular flexibility index (Phi) is 5.27. The van der Waals surface area contributed by atoms with Crippen molar-refractivity contribution in [3.8, 4) is 21.0 Å². The molecule has 0 aliphatic heterocycles. The molecular weight excluding hydrogens is 388 g/mol. The highest BCUT2D eigenvalue weighted by molar-refractivity contribution is 7.18. The minimum atomic E-state index is -0.144. The first-order chi connectivity index (χ1) is 13.6. The largest absolute Gasteiger partial charge is 0.300 e. The van der Waals surface area contributed by atoms with Crippen LogP contribution in [0.2, 0.25) is 0 Å². The van der Waals surface area contributed by atoms with Gasteiger partial charge in [0.25, 0.3) is 0 Å². The van der Waals surface area contributed by atoms with Crippen LogP contribution in [0.15, 0.2) is 54.6 Å². The Labute approximate surface area is 171 Å². The molecule has 0 bridgehead atoms. The molecular formula is C21H18N4OS2. The van der Waals surface area contributed by atoms with Gasteiger partial charge in [0.1, 0.15) is 10.0 Å². The molecule has 0 spiro atoms. The number of carbonyl (C=O) groups is 1. The Balaban J connectivity index is 1.66. The maximum atomic E-state index is 12.6. The third kappa shape index (κ3) is 4.16. The summed E-state index contributed by atoms with van der Waals surface area (Å²) in [6.45, 7) is 3.92. The number of aryl methyl sites for hydroxylation is 2. The maximum absolute atomic E-state index is 12.6. The molecule has 0 saturated heterocycles. The minimum absolute atomic E-state index is 0.144. The lowest BCUT2D eigenvalue weighted by Gasteiger charge is -2.03. The molecule has 2 aromatic heterocycles. The summed E-state index contributed by atoms with van der Waals surface area (Å²) < 4.78 is 0. The number of hydrogen-bond acceptors (Lipinski definition) is 6. The number of anilines is 1. The third-order valence-corrected chi connectivity index (χ3v) is 6.08. The molecule has 0 aliphatic carbocycles.